The number of hydrogen-bond donors (Lipinski definition) is 0. The van der Waals surface area contributed by atoms with Crippen LogP contribution in [0.25, 0.3) is 0 Å². The number of ketones is 1. The first kappa shape index (κ1) is 14.0. The van der Waals surface area contributed by atoms with E-state index in [4.69, 9.17) is 0 Å². The van der Waals surface area contributed by atoms with Gasteiger partial charge in [0.15, 0.2) is 5.78 Å². The molecule has 4 nitrogen and oxygen atoms in total. The van der Waals surface area contributed by atoms with E-state index in [1.54, 1.807) is 0 Å². The van der Waals surface area contributed by atoms with E-state index in [1.165, 1.54) is 0 Å². The Hall–Kier alpha value is -1.42. The molecule has 19 heavy (non-hydrogen) atoms. The highest BCUT2D eigenvalue weighted by molar-refractivity contribution is 5.94. The van der Waals surface area contributed by atoms with Crippen molar-refractivity contribution in [2.24, 2.45) is 0 Å². The summed E-state index contributed by atoms with van der Waals surface area (Å²) in [6.07, 6.45) is 3.51. The van der Waals surface area contributed by atoms with Crippen molar-refractivity contribution < 1.29 is 4.79 Å². The van der Waals surface area contributed by atoms with Crippen molar-refractivity contribution in [3.8, 4) is 0 Å². The average Bonchev–Trinajstić information content (AvgIpc) is 2.47. The van der Waals surface area contributed by atoms with Crippen molar-refractivity contribution in [1.29, 1.82) is 0 Å². The van der Waals surface area contributed by atoms with Gasteiger partial charge in [0, 0.05) is 32.1 Å². The maximum Gasteiger partial charge on any atom is 0.180 e. The maximum atomic E-state index is 11.6. The first-order valence-electron chi connectivity index (χ1n) is 7.10. The summed E-state index contributed by atoms with van der Waals surface area (Å²) in [5, 5.41) is 0. The molecule has 1 aromatic rings. The molecule has 0 aliphatic carbocycles. The van der Waals surface area contributed by atoms with E-state index < -0.39 is 0 Å². The van der Waals surface area contributed by atoms with E-state index in [0.717, 1.165) is 31.7 Å². The van der Waals surface area contributed by atoms with Crippen LogP contribution in [0.2, 0.25) is 0 Å². The van der Waals surface area contributed by atoms with Gasteiger partial charge in [0.2, 0.25) is 0 Å². The Morgan fingerprint density at radius 1 is 1.37 bits per heavy atom. The predicted octanol–water partition coefficient (Wildman–Crippen LogP) is 2.20. The molecule has 0 radical (unpaired) electrons. The molecule has 1 aromatic heterocycles. The van der Waals surface area contributed by atoms with Crippen molar-refractivity contribution in [2.75, 3.05) is 31.6 Å². The molecule has 0 bridgehead atoms. The maximum absolute atomic E-state index is 11.6. The molecule has 0 amide bonds. The average molecular weight is 261 g/mol. The molecule has 0 aromatic carbocycles. The molecule has 2 rings (SSSR count). The van der Waals surface area contributed by atoms with Gasteiger partial charge < -0.3 is 4.90 Å². The van der Waals surface area contributed by atoms with Gasteiger partial charge in [0.05, 0.1) is 11.9 Å². The number of piperazine rings is 1. The molecule has 1 fully saturated rings. The summed E-state index contributed by atoms with van der Waals surface area (Å²) in [5.74, 6) is 0.108. The molecule has 1 saturated heterocycles. The molecule has 0 saturated carbocycles. The minimum atomic E-state index is 0.108. The summed E-state index contributed by atoms with van der Waals surface area (Å²) < 4.78 is 0. The highest BCUT2D eigenvalue weighted by Crippen LogP contribution is 2.19. The van der Waals surface area contributed by atoms with Crippen LogP contribution in [-0.2, 0) is 0 Å². The summed E-state index contributed by atoms with van der Waals surface area (Å²) in [4.78, 5) is 20.6. The Balaban J connectivity index is 2.08. The molecule has 1 aliphatic rings. The van der Waals surface area contributed by atoms with Gasteiger partial charge in [-0.1, -0.05) is 13.8 Å². The topological polar surface area (TPSA) is 36.4 Å². The number of carbonyl (C=O) groups excluding carboxylic acids is 1. The van der Waals surface area contributed by atoms with E-state index in [2.05, 4.69) is 28.8 Å². The predicted molar refractivity (Wildman–Crippen MR) is 77.8 cm³/mol. The van der Waals surface area contributed by atoms with Crippen LogP contribution in [-0.4, -0.2) is 48.4 Å². The number of rotatable bonds is 4. The van der Waals surface area contributed by atoms with Gasteiger partial charge in [-0.2, -0.15) is 0 Å². The normalized spacial score (nSPS) is 20.6. The molecule has 0 spiro atoms. The molecule has 2 heterocycles. The van der Waals surface area contributed by atoms with E-state index in [-0.39, 0.29) is 5.78 Å². The number of Topliss-reactive ketones (excluding diaryl/α,β-unsaturated/α-hetero) is 1. The first-order chi connectivity index (χ1) is 9.15. The smallest absolute Gasteiger partial charge is 0.180 e. The molecule has 1 unspecified atom stereocenters. The summed E-state index contributed by atoms with van der Waals surface area (Å²) in [5.41, 5.74) is 1.70. The van der Waals surface area contributed by atoms with Crippen LogP contribution in [0.15, 0.2) is 18.3 Å². The van der Waals surface area contributed by atoms with Gasteiger partial charge in [0.25, 0.3) is 0 Å². The van der Waals surface area contributed by atoms with Crippen LogP contribution < -0.4 is 4.90 Å². The summed E-state index contributed by atoms with van der Waals surface area (Å²) in [7, 11) is 2.19. The Morgan fingerprint density at radius 3 is 2.74 bits per heavy atom. The summed E-state index contributed by atoms with van der Waals surface area (Å²) >= 11 is 0. The van der Waals surface area contributed by atoms with Crippen molar-refractivity contribution >= 4 is 11.5 Å². The van der Waals surface area contributed by atoms with Crippen LogP contribution in [0.1, 0.15) is 37.2 Å². The molecular weight excluding hydrogens is 238 g/mol. The molecule has 1 aliphatic heterocycles. The van der Waals surface area contributed by atoms with Crippen LogP contribution >= 0.6 is 0 Å². The third-order valence-corrected chi connectivity index (χ3v) is 3.97. The Morgan fingerprint density at radius 2 is 2.16 bits per heavy atom. The highest BCUT2D eigenvalue weighted by atomic mass is 16.1. The van der Waals surface area contributed by atoms with E-state index in [1.807, 2.05) is 25.3 Å². The third kappa shape index (κ3) is 3.13. The van der Waals surface area contributed by atoms with E-state index >= 15 is 0 Å². The Bertz CT molecular complexity index is 430. The number of nitrogens with zero attached hydrogens (tertiary/aromatic N) is 3. The van der Waals surface area contributed by atoms with Crippen molar-refractivity contribution in [3.63, 3.8) is 0 Å². The standard InChI is InChI=1S/C15H23N3O/c1-4-12-11-18(9-8-17(12)3)13-6-7-14(16-10-13)15(19)5-2/h6-7,10,12H,4-5,8-9,11H2,1-3H3. The zero-order valence-corrected chi connectivity index (χ0v) is 12.1. The number of hydrogen-bond acceptors (Lipinski definition) is 4. The van der Waals surface area contributed by atoms with E-state index in [9.17, 15) is 4.79 Å². The number of aromatic nitrogens is 1. The first-order valence-corrected chi connectivity index (χ1v) is 7.10. The van der Waals surface area contributed by atoms with Crippen LogP contribution in [0, 0.1) is 0 Å². The molecule has 4 heteroatoms. The van der Waals surface area contributed by atoms with Crippen LogP contribution in [0.3, 0.4) is 0 Å². The van der Waals surface area contributed by atoms with Crippen LogP contribution in [0.4, 0.5) is 5.69 Å². The number of anilines is 1. The third-order valence-electron chi connectivity index (χ3n) is 3.97. The van der Waals surface area contributed by atoms with Gasteiger partial charge in [-0.15, -0.1) is 0 Å². The van der Waals surface area contributed by atoms with Crippen molar-refractivity contribution in [2.45, 2.75) is 32.7 Å². The number of carbonyl (C=O) groups is 1. The minimum Gasteiger partial charge on any atom is -0.367 e. The van der Waals surface area contributed by atoms with Gasteiger partial charge >= 0.3 is 0 Å². The van der Waals surface area contributed by atoms with Crippen LogP contribution in [0.5, 0.6) is 0 Å². The zero-order chi connectivity index (χ0) is 13.8. The van der Waals surface area contributed by atoms with Gasteiger partial charge in [-0.05, 0) is 25.6 Å². The Labute approximate surface area is 115 Å². The zero-order valence-electron chi connectivity index (χ0n) is 12.1. The van der Waals surface area contributed by atoms with Gasteiger partial charge in [0.1, 0.15) is 5.69 Å². The molecule has 0 N–H and O–H groups in total. The molecular formula is C15H23N3O. The van der Waals surface area contributed by atoms with E-state index in [0.29, 0.717) is 18.2 Å². The SMILES string of the molecule is CCC(=O)c1ccc(N2CCN(C)C(CC)C2)cn1. The second-order valence-electron chi connectivity index (χ2n) is 5.17. The second-order valence-corrected chi connectivity index (χ2v) is 5.17. The van der Waals surface area contributed by atoms with Gasteiger partial charge in [-0.25, -0.2) is 0 Å². The monoisotopic (exact) mass is 261 g/mol. The lowest BCUT2D eigenvalue weighted by atomic mass is 10.1. The highest BCUT2D eigenvalue weighted by Gasteiger charge is 2.23. The fourth-order valence-corrected chi connectivity index (χ4v) is 2.54. The van der Waals surface area contributed by atoms with Crippen molar-refractivity contribution in [1.82, 2.24) is 9.88 Å². The summed E-state index contributed by atoms with van der Waals surface area (Å²) in [6.45, 7) is 7.23. The second kappa shape index (κ2) is 6.15. The minimum absolute atomic E-state index is 0.108. The number of pyridine rings is 1. The lowest BCUT2D eigenvalue weighted by Gasteiger charge is -2.40. The molecule has 104 valence electrons. The fraction of sp³-hybridized carbons (Fsp3) is 0.600. The largest absolute Gasteiger partial charge is 0.367 e. The number of likely N-dealkylation sites (N-methyl/N-ethyl adjacent to an activating group) is 1. The summed E-state index contributed by atoms with van der Waals surface area (Å²) in [6, 6.07) is 4.47. The lowest BCUT2D eigenvalue weighted by Crippen LogP contribution is -2.51. The fourth-order valence-electron chi connectivity index (χ4n) is 2.54. The molecule has 1 atom stereocenters. The Kier molecular flexibility index (Phi) is 4.53. The van der Waals surface area contributed by atoms with Gasteiger partial charge in [-0.3, -0.25) is 14.7 Å². The van der Waals surface area contributed by atoms with Crippen molar-refractivity contribution in [3.05, 3.63) is 24.0 Å². The lowest BCUT2D eigenvalue weighted by molar-refractivity contribution is 0.0983. The quantitative estimate of drug-likeness (QED) is 0.779.